The number of aromatic nitrogens is 4. The van der Waals surface area contributed by atoms with Crippen LogP contribution in [0.15, 0.2) is 59.3 Å². The Morgan fingerprint density at radius 2 is 1.90 bits per heavy atom. The van der Waals surface area contributed by atoms with E-state index in [1.807, 2.05) is 0 Å². The summed E-state index contributed by atoms with van der Waals surface area (Å²) in [5, 5.41) is 6.30. The van der Waals surface area contributed by atoms with Gasteiger partial charge in [-0.15, -0.1) is 0 Å². The van der Waals surface area contributed by atoms with Crippen molar-refractivity contribution in [3.05, 3.63) is 75.7 Å². The van der Waals surface area contributed by atoms with E-state index >= 15 is 0 Å². The second kappa shape index (κ2) is 7.69. The first-order valence-corrected chi connectivity index (χ1v) is 9.55. The molecular formula is C19H10BrClF3N5O. The van der Waals surface area contributed by atoms with Crippen molar-refractivity contribution in [3.8, 4) is 11.3 Å². The van der Waals surface area contributed by atoms with E-state index in [-0.39, 0.29) is 27.7 Å². The minimum atomic E-state index is -4.71. The Bertz CT molecular complexity index is 1260. The van der Waals surface area contributed by atoms with Crippen LogP contribution in [0.3, 0.4) is 0 Å². The van der Waals surface area contributed by atoms with Crippen LogP contribution in [0, 0.1) is 0 Å². The van der Waals surface area contributed by atoms with E-state index in [1.54, 1.807) is 30.3 Å². The highest BCUT2D eigenvalue weighted by atomic mass is 79.9. The van der Waals surface area contributed by atoms with Gasteiger partial charge in [0.2, 0.25) is 0 Å². The van der Waals surface area contributed by atoms with Crippen LogP contribution in [0.2, 0.25) is 5.15 Å². The maximum absolute atomic E-state index is 13.7. The maximum Gasteiger partial charge on any atom is 0.433 e. The Morgan fingerprint density at radius 1 is 1.17 bits per heavy atom. The van der Waals surface area contributed by atoms with Gasteiger partial charge in [0.1, 0.15) is 5.56 Å². The summed E-state index contributed by atoms with van der Waals surface area (Å²) >= 11 is 9.22. The highest BCUT2D eigenvalue weighted by Crippen LogP contribution is 2.33. The van der Waals surface area contributed by atoms with Crippen LogP contribution in [0.25, 0.3) is 16.9 Å². The summed E-state index contributed by atoms with van der Waals surface area (Å²) in [7, 11) is 0. The molecule has 1 N–H and O–H groups in total. The molecule has 4 aromatic rings. The van der Waals surface area contributed by atoms with Gasteiger partial charge in [-0.2, -0.15) is 18.3 Å². The SMILES string of the molecule is O=C(Nc1cccnc1Cl)c1cnn2c(C(F)(F)F)cc(-c3ccc(Br)cc3)nc12. The number of halogens is 5. The third kappa shape index (κ3) is 3.88. The fourth-order valence-corrected chi connectivity index (χ4v) is 3.19. The molecule has 4 rings (SSSR count). The molecule has 0 fully saturated rings. The first-order chi connectivity index (χ1) is 14.2. The van der Waals surface area contributed by atoms with Crippen LogP contribution >= 0.6 is 27.5 Å². The standard InChI is InChI=1S/C19H10BrClF3N5O/c20-11-5-3-10(4-6-11)14-8-15(19(22,23)24)29-17(27-14)12(9-26-29)18(30)28-13-2-1-7-25-16(13)21/h1-9H,(H,28,30). The Labute approximate surface area is 180 Å². The first kappa shape index (κ1) is 20.3. The van der Waals surface area contributed by atoms with Crippen molar-refractivity contribution in [3.63, 3.8) is 0 Å². The second-order valence-corrected chi connectivity index (χ2v) is 7.39. The maximum atomic E-state index is 13.7. The number of fused-ring (bicyclic) bond motifs is 1. The number of anilines is 1. The molecule has 1 amide bonds. The van der Waals surface area contributed by atoms with E-state index < -0.39 is 17.8 Å². The quantitative estimate of drug-likeness (QED) is 0.381. The Morgan fingerprint density at radius 3 is 2.57 bits per heavy atom. The van der Waals surface area contributed by atoms with Gasteiger partial charge in [-0.1, -0.05) is 39.7 Å². The molecule has 0 atom stereocenters. The highest BCUT2D eigenvalue weighted by molar-refractivity contribution is 9.10. The summed E-state index contributed by atoms with van der Waals surface area (Å²) < 4.78 is 42.4. The molecule has 0 saturated carbocycles. The molecule has 11 heteroatoms. The number of rotatable bonds is 3. The molecule has 0 radical (unpaired) electrons. The van der Waals surface area contributed by atoms with E-state index in [2.05, 4.69) is 36.3 Å². The zero-order chi connectivity index (χ0) is 21.5. The lowest BCUT2D eigenvalue weighted by molar-refractivity contribution is -0.142. The van der Waals surface area contributed by atoms with Crippen molar-refractivity contribution in [2.75, 3.05) is 5.32 Å². The number of nitrogens with zero attached hydrogens (tertiary/aromatic N) is 4. The first-order valence-electron chi connectivity index (χ1n) is 8.38. The Kier molecular flexibility index (Phi) is 5.20. The molecule has 0 bridgehead atoms. The fraction of sp³-hybridized carbons (Fsp3) is 0.0526. The number of carbonyl (C=O) groups excluding carboxylic acids is 1. The van der Waals surface area contributed by atoms with E-state index in [0.717, 1.165) is 16.7 Å². The number of hydrogen-bond acceptors (Lipinski definition) is 4. The predicted octanol–water partition coefficient (Wildman–Crippen LogP) is 5.48. The Hall–Kier alpha value is -2.98. The van der Waals surface area contributed by atoms with Gasteiger partial charge in [-0.25, -0.2) is 14.5 Å². The van der Waals surface area contributed by atoms with Crippen LogP contribution < -0.4 is 5.32 Å². The van der Waals surface area contributed by atoms with Gasteiger partial charge in [-0.05, 0) is 30.3 Å². The molecule has 1 aromatic carbocycles. The van der Waals surface area contributed by atoms with Gasteiger partial charge in [0.05, 0.1) is 17.6 Å². The smallest absolute Gasteiger partial charge is 0.319 e. The van der Waals surface area contributed by atoms with Gasteiger partial charge >= 0.3 is 6.18 Å². The number of benzene rings is 1. The molecular weight excluding hydrogens is 487 g/mol. The normalized spacial score (nSPS) is 11.6. The van der Waals surface area contributed by atoms with Crippen LogP contribution in [0.4, 0.5) is 18.9 Å². The van der Waals surface area contributed by atoms with E-state index in [4.69, 9.17) is 11.6 Å². The Balaban J connectivity index is 1.85. The van der Waals surface area contributed by atoms with Crippen molar-refractivity contribution in [2.45, 2.75) is 6.18 Å². The molecule has 3 aromatic heterocycles. The minimum Gasteiger partial charge on any atom is -0.319 e. The van der Waals surface area contributed by atoms with Crippen molar-refractivity contribution < 1.29 is 18.0 Å². The van der Waals surface area contributed by atoms with Gasteiger partial charge in [0.15, 0.2) is 16.5 Å². The molecule has 0 aliphatic heterocycles. The third-order valence-corrected chi connectivity index (χ3v) is 4.98. The summed E-state index contributed by atoms with van der Waals surface area (Å²) in [5.74, 6) is -0.714. The fourth-order valence-electron chi connectivity index (χ4n) is 2.76. The van der Waals surface area contributed by atoms with Crippen molar-refractivity contribution >= 4 is 44.8 Å². The number of nitrogens with one attached hydrogen (secondary N) is 1. The average molecular weight is 497 g/mol. The summed E-state index contributed by atoms with van der Waals surface area (Å²) in [4.78, 5) is 20.8. The highest BCUT2D eigenvalue weighted by Gasteiger charge is 2.36. The number of carbonyl (C=O) groups is 1. The van der Waals surface area contributed by atoms with Gasteiger partial charge in [0, 0.05) is 16.2 Å². The lowest BCUT2D eigenvalue weighted by Gasteiger charge is -2.12. The molecule has 0 saturated heterocycles. The molecule has 30 heavy (non-hydrogen) atoms. The average Bonchev–Trinajstić information content (AvgIpc) is 3.13. The molecule has 0 aliphatic carbocycles. The van der Waals surface area contributed by atoms with E-state index in [9.17, 15) is 18.0 Å². The second-order valence-electron chi connectivity index (χ2n) is 6.12. The topological polar surface area (TPSA) is 72.2 Å². The van der Waals surface area contributed by atoms with Crippen LogP contribution in [-0.2, 0) is 6.18 Å². The minimum absolute atomic E-state index is 0.0433. The summed E-state index contributed by atoms with van der Waals surface area (Å²) in [5.41, 5.74) is -0.711. The van der Waals surface area contributed by atoms with Gasteiger partial charge in [-0.3, -0.25) is 4.79 Å². The lowest BCUT2D eigenvalue weighted by atomic mass is 10.1. The largest absolute Gasteiger partial charge is 0.433 e. The van der Waals surface area contributed by atoms with Gasteiger partial charge < -0.3 is 5.32 Å². The van der Waals surface area contributed by atoms with E-state index in [0.29, 0.717) is 10.1 Å². The van der Waals surface area contributed by atoms with Crippen LogP contribution in [0.5, 0.6) is 0 Å². The lowest BCUT2D eigenvalue weighted by Crippen LogP contribution is -2.16. The molecule has 0 spiro atoms. The number of hydrogen-bond donors (Lipinski definition) is 1. The molecule has 152 valence electrons. The van der Waals surface area contributed by atoms with Crippen LogP contribution in [0.1, 0.15) is 16.1 Å². The zero-order valence-corrected chi connectivity index (χ0v) is 17.1. The number of pyridine rings is 1. The molecule has 0 unspecified atom stereocenters. The van der Waals surface area contributed by atoms with Crippen molar-refractivity contribution in [2.24, 2.45) is 0 Å². The molecule has 0 aliphatic rings. The third-order valence-electron chi connectivity index (χ3n) is 4.15. The van der Waals surface area contributed by atoms with Crippen LogP contribution in [-0.4, -0.2) is 25.5 Å². The number of amides is 1. The summed E-state index contributed by atoms with van der Waals surface area (Å²) in [6, 6.07) is 10.6. The summed E-state index contributed by atoms with van der Waals surface area (Å²) in [6.45, 7) is 0. The van der Waals surface area contributed by atoms with Gasteiger partial charge in [0.25, 0.3) is 5.91 Å². The van der Waals surface area contributed by atoms with E-state index in [1.165, 1.54) is 12.3 Å². The molecule has 3 heterocycles. The van der Waals surface area contributed by atoms with Crippen molar-refractivity contribution in [1.29, 1.82) is 0 Å². The number of alkyl halides is 3. The molecule has 6 nitrogen and oxygen atoms in total. The summed E-state index contributed by atoms with van der Waals surface area (Å²) in [6.07, 6.45) is -2.24. The van der Waals surface area contributed by atoms with Crippen molar-refractivity contribution in [1.82, 2.24) is 19.6 Å². The predicted molar refractivity (Wildman–Crippen MR) is 108 cm³/mol. The monoisotopic (exact) mass is 495 g/mol. The zero-order valence-electron chi connectivity index (χ0n) is 14.8.